The third-order valence-corrected chi connectivity index (χ3v) is 0.567. The summed E-state index contributed by atoms with van der Waals surface area (Å²) in [4.78, 5) is 24.0. The Hall–Kier alpha value is -0.970. The number of ether oxygens (including phenoxy) is 1. The molecule has 6 heteroatoms. The van der Waals surface area contributed by atoms with Gasteiger partial charge < -0.3 is 9.57 Å². The summed E-state index contributed by atoms with van der Waals surface area (Å²) in [5.41, 5.74) is 0.523. The van der Waals surface area contributed by atoms with E-state index in [2.05, 4.69) is 9.57 Å². The lowest BCUT2D eigenvalue weighted by Gasteiger charge is -2.00. The van der Waals surface area contributed by atoms with E-state index in [1.54, 1.807) is 12.4 Å². The van der Waals surface area contributed by atoms with Crippen molar-refractivity contribution in [1.29, 1.82) is 0 Å². The molecule has 1 N–H and O–H groups in total. The third kappa shape index (κ3) is 5.17. The first-order valence-electron chi connectivity index (χ1n) is 2.46. The van der Waals surface area contributed by atoms with E-state index in [1.165, 1.54) is 0 Å². The van der Waals surface area contributed by atoms with E-state index in [9.17, 15) is 9.59 Å². The molecule has 0 aliphatic heterocycles. The van der Waals surface area contributed by atoms with E-state index >= 15 is 0 Å². The second-order valence-electron chi connectivity index (χ2n) is 1.16. The number of hydrogen-bond donors (Lipinski definition) is 1. The topological polar surface area (TPSA) is 64.6 Å². The highest BCUT2D eigenvalue weighted by atomic mass is 35.5. The van der Waals surface area contributed by atoms with Gasteiger partial charge in [0, 0.05) is 11.6 Å². The van der Waals surface area contributed by atoms with Gasteiger partial charge in [0.1, 0.15) is 0 Å². The van der Waals surface area contributed by atoms with E-state index in [4.69, 9.17) is 11.6 Å². The van der Waals surface area contributed by atoms with Crippen LogP contribution in [0.25, 0.3) is 0 Å². The average Bonchev–Trinajstić information content (AvgIpc) is 1.85. The summed E-state index contributed by atoms with van der Waals surface area (Å²) < 4.78 is 4.31. The van der Waals surface area contributed by atoms with Crippen molar-refractivity contribution in [1.82, 2.24) is 5.48 Å². The van der Waals surface area contributed by atoms with Gasteiger partial charge in [0.2, 0.25) is 0 Å². The van der Waals surface area contributed by atoms with E-state index in [0.29, 0.717) is 0 Å². The number of carbonyl (C=O) groups is 2. The zero-order valence-electron chi connectivity index (χ0n) is 5.22. The number of carbonyl (C=O) groups excluding carboxylic acids is 2. The van der Waals surface area contributed by atoms with Gasteiger partial charge in [0.25, 0.3) is 0 Å². The van der Waals surface area contributed by atoms with Crippen LogP contribution in [0.4, 0.5) is 9.59 Å². The van der Waals surface area contributed by atoms with Gasteiger partial charge in [0.15, 0.2) is 0 Å². The molecule has 0 bridgehead atoms. The maximum atomic E-state index is 10.3. The summed E-state index contributed by atoms with van der Waals surface area (Å²) in [5.74, 6) is 0. The molecule has 0 unspecified atom stereocenters. The van der Waals surface area contributed by atoms with Gasteiger partial charge in [-0.25, -0.2) is 9.59 Å². The van der Waals surface area contributed by atoms with Crippen molar-refractivity contribution < 1.29 is 19.2 Å². The molecule has 0 aromatic rings. The monoisotopic (exact) mass is 167 g/mol. The predicted octanol–water partition coefficient (Wildman–Crippen LogP) is 1.02. The van der Waals surface area contributed by atoms with Crippen molar-refractivity contribution in [2.24, 2.45) is 0 Å². The van der Waals surface area contributed by atoms with Gasteiger partial charge in [-0.2, -0.15) is 0 Å². The van der Waals surface area contributed by atoms with E-state index < -0.39 is 11.5 Å². The van der Waals surface area contributed by atoms with E-state index in [-0.39, 0.29) is 6.61 Å². The molecular formula is C4H6ClNO4. The molecule has 0 heterocycles. The smallest absolute Gasteiger partial charge is 0.440 e. The minimum absolute atomic E-state index is 0.200. The molecule has 0 fully saturated rings. The molecule has 0 aliphatic carbocycles. The quantitative estimate of drug-likeness (QED) is 0.468. The number of halogens is 1. The number of rotatable bonds is 1. The Bertz CT molecular complexity index is 137. The SMILES string of the molecule is CCOC(=O)NOC(=O)Cl. The summed E-state index contributed by atoms with van der Waals surface area (Å²) in [6, 6.07) is 0. The molecule has 1 amide bonds. The molecule has 0 radical (unpaired) electrons. The largest absolute Gasteiger partial charge is 0.448 e. The number of nitrogens with one attached hydrogen (secondary N) is 1. The highest BCUT2D eigenvalue weighted by Crippen LogP contribution is 1.83. The highest BCUT2D eigenvalue weighted by molar-refractivity contribution is 6.61. The Morgan fingerprint density at radius 1 is 1.60 bits per heavy atom. The second-order valence-corrected chi connectivity index (χ2v) is 1.47. The fourth-order valence-electron chi connectivity index (χ4n) is 0.242. The number of hydrogen-bond acceptors (Lipinski definition) is 4. The van der Waals surface area contributed by atoms with Crippen LogP contribution >= 0.6 is 11.6 Å². The van der Waals surface area contributed by atoms with Crippen molar-refractivity contribution in [3.05, 3.63) is 0 Å². The first-order chi connectivity index (χ1) is 4.66. The predicted molar refractivity (Wildman–Crippen MR) is 32.5 cm³/mol. The molecule has 0 aromatic heterocycles. The number of amides is 1. The van der Waals surface area contributed by atoms with Gasteiger partial charge in [0.05, 0.1) is 6.61 Å². The van der Waals surface area contributed by atoms with Gasteiger partial charge in [-0.3, -0.25) is 0 Å². The van der Waals surface area contributed by atoms with Crippen LogP contribution in [0.2, 0.25) is 0 Å². The Labute approximate surface area is 62.2 Å². The molecule has 58 valence electrons. The van der Waals surface area contributed by atoms with Gasteiger partial charge in [-0.05, 0) is 6.92 Å². The van der Waals surface area contributed by atoms with Crippen LogP contribution < -0.4 is 5.48 Å². The zero-order valence-corrected chi connectivity index (χ0v) is 5.97. The average molecular weight is 168 g/mol. The van der Waals surface area contributed by atoms with Gasteiger partial charge in [-0.15, -0.1) is 5.48 Å². The van der Waals surface area contributed by atoms with Crippen LogP contribution in [-0.2, 0) is 9.57 Å². The van der Waals surface area contributed by atoms with E-state index in [1.807, 2.05) is 0 Å². The summed E-state index contributed by atoms with van der Waals surface area (Å²) >= 11 is 4.69. The maximum Gasteiger partial charge on any atom is 0.440 e. The molecule has 0 aromatic carbocycles. The van der Waals surface area contributed by atoms with Crippen molar-refractivity contribution >= 4 is 23.1 Å². The Balaban J connectivity index is 3.30. The normalized spacial score (nSPS) is 8.20. The first-order valence-corrected chi connectivity index (χ1v) is 2.83. The lowest BCUT2D eigenvalue weighted by Crippen LogP contribution is -2.25. The Kier molecular flexibility index (Phi) is 4.39. The van der Waals surface area contributed by atoms with Crippen molar-refractivity contribution in [2.75, 3.05) is 6.61 Å². The lowest BCUT2D eigenvalue weighted by molar-refractivity contribution is 0.0783. The van der Waals surface area contributed by atoms with Crippen LogP contribution in [0.1, 0.15) is 6.92 Å². The summed E-state index contributed by atoms with van der Waals surface area (Å²) in [5, 5.41) is 0. The Morgan fingerprint density at radius 2 is 2.20 bits per heavy atom. The van der Waals surface area contributed by atoms with Crippen molar-refractivity contribution in [3.8, 4) is 0 Å². The maximum absolute atomic E-state index is 10.3. The Morgan fingerprint density at radius 3 is 2.60 bits per heavy atom. The zero-order chi connectivity index (χ0) is 7.98. The number of hydroxylamine groups is 1. The fraction of sp³-hybridized carbons (Fsp3) is 0.500. The third-order valence-electron chi connectivity index (χ3n) is 0.490. The molecule has 0 rings (SSSR count). The standard InChI is InChI=1S/C4H6ClNO4/c1-2-9-4(8)6-10-3(5)7/h2H2,1H3,(H,6,8). The molecule has 0 spiro atoms. The van der Waals surface area contributed by atoms with Gasteiger partial charge in [-0.1, -0.05) is 0 Å². The summed E-state index contributed by atoms with van der Waals surface area (Å²) in [6.45, 7) is 1.81. The second kappa shape index (κ2) is 4.87. The molecular weight excluding hydrogens is 162 g/mol. The van der Waals surface area contributed by atoms with Crippen molar-refractivity contribution in [2.45, 2.75) is 6.92 Å². The molecule has 0 atom stereocenters. The highest BCUT2D eigenvalue weighted by Gasteiger charge is 2.01. The van der Waals surface area contributed by atoms with E-state index in [0.717, 1.165) is 0 Å². The molecule has 0 aliphatic rings. The van der Waals surface area contributed by atoms with Crippen LogP contribution in [0.3, 0.4) is 0 Å². The van der Waals surface area contributed by atoms with Crippen LogP contribution in [0.5, 0.6) is 0 Å². The van der Waals surface area contributed by atoms with Crippen molar-refractivity contribution in [3.63, 3.8) is 0 Å². The molecule has 5 nitrogen and oxygen atoms in total. The molecule has 0 saturated heterocycles. The lowest BCUT2D eigenvalue weighted by atomic mass is 10.9. The minimum Gasteiger partial charge on any atom is -0.448 e. The summed E-state index contributed by atoms with van der Waals surface area (Å²) in [6.07, 6.45) is -0.850. The fourth-order valence-corrected chi connectivity index (χ4v) is 0.281. The van der Waals surface area contributed by atoms with Gasteiger partial charge >= 0.3 is 11.5 Å². The van der Waals surface area contributed by atoms with Crippen LogP contribution in [-0.4, -0.2) is 18.1 Å². The molecule has 10 heavy (non-hydrogen) atoms. The minimum atomic E-state index is -1.12. The summed E-state index contributed by atoms with van der Waals surface area (Å²) in [7, 11) is 0. The van der Waals surface area contributed by atoms with Crippen LogP contribution in [0, 0.1) is 0 Å². The first kappa shape index (κ1) is 9.03. The van der Waals surface area contributed by atoms with Crippen LogP contribution in [0.15, 0.2) is 0 Å². The molecule has 0 saturated carbocycles.